The summed E-state index contributed by atoms with van der Waals surface area (Å²) >= 11 is 1.33. The minimum Gasteiger partial charge on any atom is -0.494 e. The van der Waals surface area contributed by atoms with Crippen LogP contribution in [0.1, 0.15) is 28.4 Å². The van der Waals surface area contributed by atoms with Gasteiger partial charge in [-0.15, -0.1) is 0 Å². The van der Waals surface area contributed by atoms with E-state index < -0.39 is 5.97 Å². The minimum atomic E-state index is -0.953. The standard InChI is InChI=1S/C25H23FN2O3S/c1-2-31-20-12-8-17(9-13-20)14-15-28(16-18-6-10-19(11-7-18)24(29)30)25-27-22-5-3-4-21(26)23(22)32-25/h3-13H,2,14-16H2,1H3,(H,29,30). The van der Waals surface area contributed by atoms with Crippen molar-refractivity contribution < 1.29 is 19.0 Å². The van der Waals surface area contributed by atoms with E-state index in [0.717, 1.165) is 28.4 Å². The predicted molar refractivity (Wildman–Crippen MR) is 125 cm³/mol. The number of ether oxygens (including phenoxy) is 1. The van der Waals surface area contributed by atoms with Gasteiger partial charge in [0.05, 0.1) is 22.4 Å². The fraction of sp³-hybridized carbons (Fsp3) is 0.200. The zero-order valence-corrected chi connectivity index (χ0v) is 18.4. The van der Waals surface area contributed by atoms with Crippen molar-refractivity contribution in [1.82, 2.24) is 4.98 Å². The Hall–Kier alpha value is -3.45. The van der Waals surface area contributed by atoms with E-state index in [1.165, 1.54) is 17.4 Å². The molecule has 0 aliphatic heterocycles. The van der Waals surface area contributed by atoms with E-state index >= 15 is 0 Å². The largest absolute Gasteiger partial charge is 0.494 e. The Bertz CT molecular complexity index is 1210. The fourth-order valence-electron chi connectivity index (χ4n) is 3.44. The lowest BCUT2D eigenvalue weighted by Gasteiger charge is -2.22. The SMILES string of the molecule is CCOc1ccc(CCN(Cc2ccc(C(=O)O)cc2)c2nc3cccc(F)c3s2)cc1. The molecule has 0 amide bonds. The lowest BCUT2D eigenvalue weighted by Crippen LogP contribution is -2.25. The summed E-state index contributed by atoms with van der Waals surface area (Å²) in [5.41, 5.74) is 3.00. The van der Waals surface area contributed by atoms with Crippen molar-refractivity contribution in [2.75, 3.05) is 18.1 Å². The van der Waals surface area contributed by atoms with E-state index in [4.69, 9.17) is 9.84 Å². The minimum absolute atomic E-state index is 0.247. The van der Waals surface area contributed by atoms with Crippen molar-refractivity contribution in [3.05, 3.63) is 89.2 Å². The molecule has 4 aromatic rings. The summed E-state index contributed by atoms with van der Waals surface area (Å²) in [5.74, 6) is -0.387. The Morgan fingerprint density at radius 1 is 1.06 bits per heavy atom. The lowest BCUT2D eigenvalue weighted by atomic mass is 10.1. The molecule has 0 aliphatic rings. The summed E-state index contributed by atoms with van der Waals surface area (Å²) in [5, 5.41) is 9.88. The van der Waals surface area contributed by atoms with E-state index in [1.54, 1.807) is 30.3 Å². The summed E-state index contributed by atoms with van der Waals surface area (Å²) in [6.07, 6.45) is 0.776. The molecule has 7 heteroatoms. The average molecular weight is 451 g/mol. The van der Waals surface area contributed by atoms with Crippen LogP contribution >= 0.6 is 11.3 Å². The van der Waals surface area contributed by atoms with Crippen LogP contribution in [0.5, 0.6) is 5.75 Å². The first-order valence-corrected chi connectivity index (χ1v) is 11.2. The molecule has 0 unspecified atom stereocenters. The quantitative estimate of drug-likeness (QED) is 0.350. The third-order valence-electron chi connectivity index (χ3n) is 5.11. The number of thiazole rings is 1. The molecule has 0 spiro atoms. The Morgan fingerprint density at radius 3 is 2.44 bits per heavy atom. The number of carbonyl (C=O) groups is 1. The van der Waals surface area contributed by atoms with Gasteiger partial charge in [0, 0.05) is 13.1 Å². The van der Waals surface area contributed by atoms with Crippen molar-refractivity contribution in [1.29, 1.82) is 0 Å². The second-order valence-corrected chi connectivity index (χ2v) is 8.31. The Balaban J connectivity index is 1.57. The number of fused-ring (bicyclic) bond motifs is 1. The van der Waals surface area contributed by atoms with Crippen LogP contribution in [0.15, 0.2) is 66.7 Å². The van der Waals surface area contributed by atoms with Crippen molar-refractivity contribution in [2.24, 2.45) is 0 Å². The maximum Gasteiger partial charge on any atom is 0.335 e. The van der Waals surface area contributed by atoms with E-state index in [2.05, 4.69) is 9.88 Å². The number of anilines is 1. The fourth-order valence-corrected chi connectivity index (χ4v) is 4.43. The van der Waals surface area contributed by atoms with Crippen LogP contribution in [0.2, 0.25) is 0 Å². The van der Waals surface area contributed by atoms with Crippen molar-refractivity contribution in [3.8, 4) is 5.75 Å². The molecular weight excluding hydrogens is 427 g/mol. The molecule has 0 saturated carbocycles. The second-order valence-electron chi connectivity index (χ2n) is 7.34. The first kappa shape index (κ1) is 21.8. The third kappa shape index (κ3) is 5.06. The van der Waals surface area contributed by atoms with Gasteiger partial charge in [-0.3, -0.25) is 0 Å². The van der Waals surface area contributed by atoms with Gasteiger partial charge in [-0.05, 0) is 60.9 Å². The molecule has 164 valence electrons. The van der Waals surface area contributed by atoms with Gasteiger partial charge in [-0.25, -0.2) is 14.2 Å². The van der Waals surface area contributed by atoms with Crippen LogP contribution in [0.4, 0.5) is 9.52 Å². The number of nitrogens with zero attached hydrogens (tertiary/aromatic N) is 2. The number of aromatic carboxylic acids is 1. The second kappa shape index (κ2) is 9.78. The Kier molecular flexibility index (Phi) is 6.66. The predicted octanol–water partition coefficient (Wildman–Crippen LogP) is 5.78. The highest BCUT2D eigenvalue weighted by atomic mass is 32.1. The van der Waals surface area contributed by atoms with Crippen LogP contribution in [0.25, 0.3) is 10.2 Å². The van der Waals surface area contributed by atoms with Gasteiger partial charge < -0.3 is 14.7 Å². The Labute approximate surface area is 189 Å². The van der Waals surface area contributed by atoms with Crippen molar-refractivity contribution in [2.45, 2.75) is 19.9 Å². The molecule has 0 atom stereocenters. The van der Waals surface area contributed by atoms with Crippen LogP contribution in [0, 0.1) is 5.82 Å². The third-order valence-corrected chi connectivity index (χ3v) is 6.25. The first-order chi connectivity index (χ1) is 15.5. The number of aromatic nitrogens is 1. The first-order valence-electron chi connectivity index (χ1n) is 10.4. The van der Waals surface area contributed by atoms with E-state index in [9.17, 15) is 9.18 Å². The van der Waals surface area contributed by atoms with Crippen LogP contribution in [-0.2, 0) is 13.0 Å². The van der Waals surface area contributed by atoms with Gasteiger partial charge in [0.15, 0.2) is 5.13 Å². The maximum atomic E-state index is 14.2. The number of carboxylic acids is 1. The highest BCUT2D eigenvalue weighted by molar-refractivity contribution is 7.22. The van der Waals surface area contributed by atoms with Crippen LogP contribution < -0.4 is 9.64 Å². The number of rotatable bonds is 9. The topological polar surface area (TPSA) is 62.7 Å². The zero-order valence-electron chi connectivity index (χ0n) is 17.6. The van der Waals surface area contributed by atoms with Gasteiger partial charge in [0.2, 0.25) is 0 Å². The summed E-state index contributed by atoms with van der Waals surface area (Å²) < 4.78 is 20.3. The molecule has 4 rings (SSSR count). The molecule has 1 N–H and O–H groups in total. The van der Waals surface area contributed by atoms with E-state index in [0.29, 0.717) is 29.9 Å². The zero-order chi connectivity index (χ0) is 22.5. The number of carboxylic acid groups (broad SMARTS) is 1. The number of halogens is 1. The molecule has 3 aromatic carbocycles. The van der Waals surface area contributed by atoms with Crippen molar-refractivity contribution >= 4 is 32.7 Å². The van der Waals surface area contributed by atoms with E-state index in [-0.39, 0.29) is 11.4 Å². The average Bonchev–Trinajstić information content (AvgIpc) is 3.24. The number of hydrogen-bond acceptors (Lipinski definition) is 5. The molecule has 1 heterocycles. The molecular formula is C25H23FN2O3S. The van der Waals surface area contributed by atoms with Gasteiger partial charge in [-0.1, -0.05) is 41.7 Å². The molecule has 0 saturated heterocycles. The maximum absolute atomic E-state index is 14.2. The van der Waals surface area contributed by atoms with E-state index in [1.807, 2.05) is 37.3 Å². The number of hydrogen-bond donors (Lipinski definition) is 1. The smallest absolute Gasteiger partial charge is 0.335 e. The molecule has 0 radical (unpaired) electrons. The molecule has 32 heavy (non-hydrogen) atoms. The van der Waals surface area contributed by atoms with Gasteiger partial charge in [0.25, 0.3) is 0 Å². The highest BCUT2D eigenvalue weighted by Crippen LogP contribution is 2.31. The summed E-state index contributed by atoms with van der Waals surface area (Å²) in [6.45, 7) is 3.80. The van der Waals surface area contributed by atoms with Crippen LogP contribution in [-0.4, -0.2) is 29.2 Å². The number of benzene rings is 3. The monoisotopic (exact) mass is 450 g/mol. The highest BCUT2D eigenvalue weighted by Gasteiger charge is 2.15. The Morgan fingerprint density at radius 2 is 1.78 bits per heavy atom. The molecule has 1 aromatic heterocycles. The molecule has 5 nitrogen and oxygen atoms in total. The summed E-state index contributed by atoms with van der Waals surface area (Å²) in [6, 6.07) is 19.7. The summed E-state index contributed by atoms with van der Waals surface area (Å²) in [4.78, 5) is 17.9. The normalized spacial score (nSPS) is 10.9. The molecule has 0 bridgehead atoms. The lowest BCUT2D eigenvalue weighted by molar-refractivity contribution is 0.0697. The van der Waals surface area contributed by atoms with Crippen LogP contribution in [0.3, 0.4) is 0 Å². The summed E-state index contributed by atoms with van der Waals surface area (Å²) in [7, 11) is 0. The van der Waals surface area contributed by atoms with Gasteiger partial charge in [-0.2, -0.15) is 0 Å². The van der Waals surface area contributed by atoms with Gasteiger partial charge in [0.1, 0.15) is 11.6 Å². The van der Waals surface area contributed by atoms with Crippen molar-refractivity contribution in [3.63, 3.8) is 0 Å². The molecule has 0 aliphatic carbocycles. The molecule has 0 fully saturated rings. The van der Waals surface area contributed by atoms with Gasteiger partial charge >= 0.3 is 5.97 Å².